The summed E-state index contributed by atoms with van der Waals surface area (Å²) in [5.74, 6) is 0.891. The third kappa shape index (κ3) is 7.45. The number of aliphatic imine (C=N–C) groups is 1. The van der Waals surface area contributed by atoms with Crippen LogP contribution >= 0.6 is 0 Å². The van der Waals surface area contributed by atoms with Gasteiger partial charge < -0.3 is 20.5 Å². The number of rotatable bonds is 10. The van der Waals surface area contributed by atoms with Crippen LogP contribution in [-0.4, -0.2) is 50.5 Å². The Morgan fingerprint density at radius 1 is 1.18 bits per heavy atom. The molecule has 0 bridgehead atoms. The highest BCUT2D eigenvalue weighted by molar-refractivity contribution is 5.79. The van der Waals surface area contributed by atoms with E-state index in [2.05, 4.69) is 17.6 Å². The van der Waals surface area contributed by atoms with E-state index in [9.17, 15) is 5.11 Å². The largest absolute Gasteiger partial charge is 0.396 e. The second-order valence-electron chi connectivity index (χ2n) is 6.21. The lowest BCUT2D eigenvalue weighted by atomic mass is 9.72. The summed E-state index contributed by atoms with van der Waals surface area (Å²) in [6.07, 6.45) is 8.12. The average Bonchev–Trinajstić information content (AvgIpc) is 2.53. The summed E-state index contributed by atoms with van der Waals surface area (Å²) in [4.78, 5) is 4.79. The molecule has 0 amide bonds. The number of aliphatic hydroxyl groups excluding tert-OH is 1. The number of aliphatic hydroxyl groups is 1. The van der Waals surface area contributed by atoms with Crippen molar-refractivity contribution in [2.75, 3.05) is 39.5 Å². The number of ether oxygens (including phenoxy) is 1. The molecule has 1 rings (SSSR count). The smallest absolute Gasteiger partial charge is 0.191 e. The molecule has 3 N–H and O–H groups in total. The van der Waals surface area contributed by atoms with Crippen LogP contribution in [0, 0.1) is 5.41 Å². The number of nitrogens with zero attached hydrogens (tertiary/aromatic N) is 1. The van der Waals surface area contributed by atoms with Gasteiger partial charge in [0.2, 0.25) is 0 Å². The molecule has 0 aliphatic heterocycles. The summed E-state index contributed by atoms with van der Waals surface area (Å²) < 4.78 is 5.35. The molecule has 1 fully saturated rings. The normalized spacial score (nSPS) is 18.2. The summed E-state index contributed by atoms with van der Waals surface area (Å²) >= 11 is 0. The standard InChI is InChI=1S/C17H35N3O2/c1-3-18-16(19-12-8-14-22-4-2)20-15-17(11-13-21)9-6-5-7-10-17/h21H,3-15H2,1-2H3,(H2,18,19,20). The molecule has 1 aliphatic rings. The molecule has 5 heteroatoms. The number of hydrogen-bond acceptors (Lipinski definition) is 3. The van der Waals surface area contributed by atoms with Gasteiger partial charge in [0.15, 0.2) is 5.96 Å². The predicted octanol–water partition coefficient (Wildman–Crippen LogP) is 2.30. The maximum absolute atomic E-state index is 9.38. The van der Waals surface area contributed by atoms with E-state index in [1.54, 1.807) is 0 Å². The number of hydrogen-bond donors (Lipinski definition) is 3. The Hall–Kier alpha value is -0.810. The van der Waals surface area contributed by atoms with E-state index in [1.807, 2.05) is 6.92 Å². The van der Waals surface area contributed by atoms with Crippen molar-refractivity contribution in [1.29, 1.82) is 0 Å². The topological polar surface area (TPSA) is 65.9 Å². The fraction of sp³-hybridized carbons (Fsp3) is 0.941. The summed E-state index contributed by atoms with van der Waals surface area (Å²) in [5.41, 5.74) is 0.209. The maximum Gasteiger partial charge on any atom is 0.191 e. The Kier molecular flexibility index (Phi) is 10.2. The quantitative estimate of drug-likeness (QED) is 0.329. The van der Waals surface area contributed by atoms with Crippen molar-refractivity contribution in [3.63, 3.8) is 0 Å². The van der Waals surface area contributed by atoms with Crippen LogP contribution in [0.25, 0.3) is 0 Å². The van der Waals surface area contributed by atoms with Gasteiger partial charge in [-0.2, -0.15) is 0 Å². The first kappa shape index (κ1) is 19.2. The first-order chi connectivity index (χ1) is 10.8. The van der Waals surface area contributed by atoms with E-state index >= 15 is 0 Å². The molecule has 22 heavy (non-hydrogen) atoms. The van der Waals surface area contributed by atoms with Crippen molar-refractivity contribution < 1.29 is 9.84 Å². The zero-order valence-corrected chi connectivity index (χ0v) is 14.5. The molecule has 0 saturated heterocycles. The zero-order chi connectivity index (χ0) is 16.1. The van der Waals surface area contributed by atoms with Crippen molar-refractivity contribution in [2.24, 2.45) is 10.4 Å². The Morgan fingerprint density at radius 2 is 1.95 bits per heavy atom. The van der Waals surface area contributed by atoms with Crippen LogP contribution in [0.2, 0.25) is 0 Å². The molecule has 0 unspecified atom stereocenters. The van der Waals surface area contributed by atoms with E-state index < -0.39 is 0 Å². The molecule has 0 radical (unpaired) electrons. The van der Waals surface area contributed by atoms with Crippen LogP contribution < -0.4 is 10.6 Å². The first-order valence-electron chi connectivity index (χ1n) is 8.97. The molecule has 0 aromatic carbocycles. The van der Waals surface area contributed by atoms with Gasteiger partial charge >= 0.3 is 0 Å². The molecule has 0 spiro atoms. The van der Waals surface area contributed by atoms with Crippen LogP contribution in [0.5, 0.6) is 0 Å². The van der Waals surface area contributed by atoms with Gasteiger partial charge in [0, 0.05) is 39.5 Å². The van der Waals surface area contributed by atoms with Gasteiger partial charge in [-0.15, -0.1) is 0 Å². The van der Waals surface area contributed by atoms with Gasteiger partial charge in [-0.1, -0.05) is 19.3 Å². The average molecular weight is 313 g/mol. The monoisotopic (exact) mass is 313 g/mol. The molecule has 0 aromatic rings. The van der Waals surface area contributed by atoms with Gasteiger partial charge in [-0.05, 0) is 44.9 Å². The van der Waals surface area contributed by atoms with Gasteiger partial charge in [0.05, 0.1) is 0 Å². The van der Waals surface area contributed by atoms with E-state index in [0.29, 0.717) is 0 Å². The number of guanidine groups is 1. The lowest BCUT2D eigenvalue weighted by Crippen LogP contribution is -2.39. The van der Waals surface area contributed by atoms with Crippen molar-refractivity contribution in [3.8, 4) is 0 Å². The highest BCUT2D eigenvalue weighted by Gasteiger charge is 2.31. The first-order valence-corrected chi connectivity index (χ1v) is 8.97. The van der Waals surface area contributed by atoms with Crippen LogP contribution in [0.3, 0.4) is 0 Å². The van der Waals surface area contributed by atoms with Gasteiger partial charge in [0.1, 0.15) is 0 Å². The van der Waals surface area contributed by atoms with E-state index in [4.69, 9.17) is 9.73 Å². The molecule has 1 aliphatic carbocycles. The van der Waals surface area contributed by atoms with Crippen molar-refractivity contribution in [2.45, 2.75) is 58.8 Å². The molecular formula is C17H35N3O2. The Labute approximate surface area is 135 Å². The Bertz CT molecular complexity index is 297. The van der Waals surface area contributed by atoms with Gasteiger partial charge in [0.25, 0.3) is 0 Å². The molecule has 1 saturated carbocycles. The Morgan fingerprint density at radius 3 is 2.59 bits per heavy atom. The lowest BCUT2D eigenvalue weighted by Gasteiger charge is -2.35. The summed E-state index contributed by atoms with van der Waals surface area (Å²) in [6, 6.07) is 0. The zero-order valence-electron chi connectivity index (χ0n) is 14.5. The lowest BCUT2D eigenvalue weighted by molar-refractivity contribution is 0.137. The third-order valence-electron chi connectivity index (χ3n) is 4.44. The molecule has 5 nitrogen and oxygen atoms in total. The van der Waals surface area contributed by atoms with E-state index in [-0.39, 0.29) is 12.0 Å². The second-order valence-corrected chi connectivity index (χ2v) is 6.21. The number of nitrogens with one attached hydrogen (secondary N) is 2. The minimum absolute atomic E-state index is 0.209. The molecule has 0 atom stereocenters. The molecule has 130 valence electrons. The maximum atomic E-state index is 9.38. The molecular weight excluding hydrogens is 278 g/mol. The van der Waals surface area contributed by atoms with Crippen molar-refractivity contribution in [1.82, 2.24) is 10.6 Å². The van der Waals surface area contributed by atoms with Crippen LogP contribution in [-0.2, 0) is 4.74 Å². The van der Waals surface area contributed by atoms with Gasteiger partial charge in [-0.25, -0.2) is 0 Å². The SMILES string of the molecule is CCNC(=NCC1(CCO)CCCCC1)NCCCOCC. The van der Waals surface area contributed by atoms with Crippen LogP contribution in [0.4, 0.5) is 0 Å². The highest BCUT2D eigenvalue weighted by atomic mass is 16.5. The van der Waals surface area contributed by atoms with Crippen LogP contribution in [0.1, 0.15) is 58.8 Å². The predicted molar refractivity (Wildman–Crippen MR) is 92.3 cm³/mol. The summed E-state index contributed by atoms with van der Waals surface area (Å²) in [6.45, 7) is 8.49. The van der Waals surface area contributed by atoms with Crippen molar-refractivity contribution in [3.05, 3.63) is 0 Å². The molecule has 0 heterocycles. The highest BCUT2D eigenvalue weighted by Crippen LogP contribution is 2.39. The Balaban J connectivity index is 2.47. The second kappa shape index (κ2) is 11.7. The minimum Gasteiger partial charge on any atom is -0.396 e. The minimum atomic E-state index is 0.209. The fourth-order valence-corrected chi connectivity index (χ4v) is 3.14. The van der Waals surface area contributed by atoms with Gasteiger partial charge in [-0.3, -0.25) is 4.99 Å². The molecule has 0 aromatic heterocycles. The van der Waals surface area contributed by atoms with Crippen LogP contribution in [0.15, 0.2) is 4.99 Å². The van der Waals surface area contributed by atoms with E-state index in [1.165, 1.54) is 32.1 Å². The third-order valence-corrected chi connectivity index (χ3v) is 4.44. The van der Waals surface area contributed by atoms with E-state index in [0.717, 1.165) is 51.6 Å². The fourth-order valence-electron chi connectivity index (χ4n) is 3.14. The summed E-state index contributed by atoms with van der Waals surface area (Å²) in [5, 5.41) is 16.1. The van der Waals surface area contributed by atoms with Crippen molar-refractivity contribution >= 4 is 5.96 Å². The summed E-state index contributed by atoms with van der Waals surface area (Å²) in [7, 11) is 0.